The Kier molecular flexibility index (Phi) is 3.37. The molecule has 1 heterocycles. The molecule has 1 aliphatic heterocycles. The monoisotopic (exact) mass is 236 g/mol. The van der Waals surface area contributed by atoms with Gasteiger partial charge in [-0.3, -0.25) is 4.79 Å². The molecule has 3 fully saturated rings. The maximum absolute atomic E-state index is 12.4. The summed E-state index contributed by atoms with van der Waals surface area (Å²) in [5, 5.41) is 3.21. The first-order chi connectivity index (χ1) is 8.34. The van der Waals surface area contributed by atoms with E-state index in [-0.39, 0.29) is 0 Å². The molecule has 0 aromatic rings. The molecule has 2 saturated carbocycles. The van der Waals surface area contributed by atoms with Gasteiger partial charge < -0.3 is 10.2 Å². The molecule has 96 valence electrons. The van der Waals surface area contributed by atoms with E-state index in [9.17, 15) is 4.79 Å². The fourth-order valence-corrected chi connectivity index (χ4v) is 3.15. The summed E-state index contributed by atoms with van der Waals surface area (Å²) < 4.78 is 0. The van der Waals surface area contributed by atoms with Gasteiger partial charge in [-0.2, -0.15) is 0 Å². The minimum atomic E-state index is 0.291. The van der Waals surface area contributed by atoms with Crippen LogP contribution >= 0.6 is 0 Å². The van der Waals surface area contributed by atoms with E-state index in [4.69, 9.17) is 0 Å². The van der Waals surface area contributed by atoms with Crippen LogP contribution in [0.4, 0.5) is 0 Å². The highest BCUT2D eigenvalue weighted by Gasteiger charge is 2.38. The van der Waals surface area contributed by atoms with Crippen molar-refractivity contribution in [3.8, 4) is 0 Å². The van der Waals surface area contributed by atoms with E-state index in [0.29, 0.717) is 17.9 Å². The van der Waals surface area contributed by atoms with Crippen LogP contribution in [0.25, 0.3) is 0 Å². The Bertz CT molecular complexity index is 278. The zero-order valence-corrected chi connectivity index (χ0v) is 10.7. The molecule has 2 aliphatic carbocycles. The molecule has 0 aromatic carbocycles. The molecule has 3 nitrogen and oxygen atoms in total. The topological polar surface area (TPSA) is 32.3 Å². The molecule has 0 unspecified atom stereocenters. The van der Waals surface area contributed by atoms with Crippen LogP contribution in [0.1, 0.15) is 44.9 Å². The minimum Gasteiger partial charge on any atom is -0.339 e. The summed E-state index contributed by atoms with van der Waals surface area (Å²) in [6.45, 7) is 2.87. The van der Waals surface area contributed by atoms with Gasteiger partial charge in [0.05, 0.1) is 5.92 Å². The van der Waals surface area contributed by atoms with Crippen molar-refractivity contribution in [1.29, 1.82) is 0 Å². The normalized spacial score (nSPS) is 26.6. The second-order valence-corrected chi connectivity index (χ2v) is 6.08. The molecule has 0 spiro atoms. The van der Waals surface area contributed by atoms with E-state index in [0.717, 1.165) is 25.6 Å². The van der Waals surface area contributed by atoms with Gasteiger partial charge in [0.1, 0.15) is 0 Å². The van der Waals surface area contributed by atoms with Crippen molar-refractivity contribution in [2.24, 2.45) is 11.8 Å². The molecule has 17 heavy (non-hydrogen) atoms. The van der Waals surface area contributed by atoms with Gasteiger partial charge in [-0.05, 0) is 31.6 Å². The van der Waals surface area contributed by atoms with Crippen LogP contribution in [-0.4, -0.2) is 36.5 Å². The minimum absolute atomic E-state index is 0.291. The molecule has 0 atom stereocenters. The van der Waals surface area contributed by atoms with Gasteiger partial charge in [-0.1, -0.05) is 19.3 Å². The summed E-state index contributed by atoms with van der Waals surface area (Å²) in [5.41, 5.74) is 0. The maximum Gasteiger partial charge on any atom is 0.228 e. The third-order valence-corrected chi connectivity index (χ3v) is 4.58. The Morgan fingerprint density at radius 2 is 1.76 bits per heavy atom. The molecule has 3 aliphatic rings. The van der Waals surface area contributed by atoms with Gasteiger partial charge in [-0.25, -0.2) is 0 Å². The molecular weight excluding hydrogens is 212 g/mol. The molecule has 1 amide bonds. The number of nitrogens with zero attached hydrogens (tertiary/aromatic N) is 1. The summed E-state index contributed by atoms with van der Waals surface area (Å²) in [4.78, 5) is 14.6. The Hall–Kier alpha value is -0.570. The zero-order chi connectivity index (χ0) is 11.7. The van der Waals surface area contributed by atoms with Crippen LogP contribution < -0.4 is 5.32 Å². The van der Waals surface area contributed by atoms with Crippen molar-refractivity contribution >= 4 is 5.91 Å². The Labute approximate surface area is 104 Å². The number of carbonyl (C=O) groups excluding carboxylic acids is 1. The second-order valence-electron chi connectivity index (χ2n) is 6.08. The summed E-state index contributed by atoms with van der Waals surface area (Å²) in [6.07, 6.45) is 9.35. The van der Waals surface area contributed by atoms with Crippen molar-refractivity contribution in [2.45, 2.75) is 51.0 Å². The average molecular weight is 236 g/mol. The molecule has 1 N–H and O–H groups in total. The van der Waals surface area contributed by atoms with Crippen molar-refractivity contribution < 1.29 is 4.79 Å². The second kappa shape index (κ2) is 4.97. The highest BCUT2D eigenvalue weighted by Crippen LogP contribution is 2.32. The first-order valence-electron chi connectivity index (χ1n) is 7.36. The third kappa shape index (κ3) is 2.65. The van der Waals surface area contributed by atoms with Crippen LogP contribution in [0, 0.1) is 11.8 Å². The lowest BCUT2D eigenvalue weighted by Crippen LogP contribution is -2.53. The van der Waals surface area contributed by atoms with Crippen LogP contribution in [0.5, 0.6) is 0 Å². The highest BCUT2D eigenvalue weighted by molar-refractivity contribution is 5.80. The van der Waals surface area contributed by atoms with E-state index >= 15 is 0 Å². The largest absolute Gasteiger partial charge is 0.339 e. The maximum atomic E-state index is 12.4. The SMILES string of the molecule is O=C(C1CNC1)N(CC1CCCCC1)C1CC1. The summed E-state index contributed by atoms with van der Waals surface area (Å²) in [7, 11) is 0. The number of nitrogens with one attached hydrogen (secondary N) is 1. The van der Waals surface area contributed by atoms with Gasteiger partial charge >= 0.3 is 0 Å². The fraction of sp³-hybridized carbons (Fsp3) is 0.929. The van der Waals surface area contributed by atoms with Crippen molar-refractivity contribution in [3.05, 3.63) is 0 Å². The standard InChI is InChI=1S/C14H24N2O/c17-14(12-8-15-9-12)16(13-6-7-13)10-11-4-2-1-3-5-11/h11-13,15H,1-10H2. The van der Waals surface area contributed by atoms with Gasteiger partial charge in [0, 0.05) is 25.7 Å². The molecule has 3 heteroatoms. The smallest absolute Gasteiger partial charge is 0.228 e. The summed E-state index contributed by atoms with van der Waals surface area (Å²) in [5.74, 6) is 1.53. The Morgan fingerprint density at radius 3 is 2.29 bits per heavy atom. The summed E-state index contributed by atoms with van der Waals surface area (Å²) >= 11 is 0. The molecule has 3 rings (SSSR count). The summed E-state index contributed by atoms with van der Waals surface area (Å²) in [6, 6.07) is 0.602. The fourth-order valence-electron chi connectivity index (χ4n) is 3.15. The zero-order valence-electron chi connectivity index (χ0n) is 10.7. The van der Waals surface area contributed by atoms with E-state index < -0.39 is 0 Å². The number of rotatable bonds is 4. The highest BCUT2D eigenvalue weighted by atomic mass is 16.2. The molecular formula is C14H24N2O. The van der Waals surface area contributed by atoms with Gasteiger partial charge in [-0.15, -0.1) is 0 Å². The Morgan fingerprint density at radius 1 is 1.06 bits per heavy atom. The lowest BCUT2D eigenvalue weighted by atomic mass is 9.88. The number of hydrogen-bond acceptors (Lipinski definition) is 2. The van der Waals surface area contributed by atoms with Gasteiger partial charge in [0.2, 0.25) is 5.91 Å². The van der Waals surface area contributed by atoms with Crippen LogP contribution in [0.15, 0.2) is 0 Å². The molecule has 0 aromatic heterocycles. The van der Waals surface area contributed by atoms with Crippen LogP contribution in [0.2, 0.25) is 0 Å². The first-order valence-corrected chi connectivity index (χ1v) is 7.36. The van der Waals surface area contributed by atoms with Crippen molar-refractivity contribution in [2.75, 3.05) is 19.6 Å². The average Bonchev–Trinajstić information content (AvgIpc) is 3.08. The van der Waals surface area contributed by atoms with E-state index in [1.165, 1.54) is 44.9 Å². The molecule has 0 bridgehead atoms. The third-order valence-electron chi connectivity index (χ3n) is 4.58. The van der Waals surface area contributed by atoms with Crippen molar-refractivity contribution in [1.82, 2.24) is 10.2 Å². The number of hydrogen-bond donors (Lipinski definition) is 1. The van der Waals surface area contributed by atoms with Crippen LogP contribution in [-0.2, 0) is 4.79 Å². The Balaban J connectivity index is 1.57. The number of carbonyl (C=O) groups is 1. The predicted molar refractivity (Wildman–Crippen MR) is 67.7 cm³/mol. The molecule has 1 saturated heterocycles. The predicted octanol–water partition coefficient (Wildman–Crippen LogP) is 1.78. The first kappa shape index (κ1) is 11.5. The van der Waals surface area contributed by atoms with E-state index in [2.05, 4.69) is 10.2 Å². The van der Waals surface area contributed by atoms with E-state index in [1.807, 2.05) is 0 Å². The van der Waals surface area contributed by atoms with Crippen molar-refractivity contribution in [3.63, 3.8) is 0 Å². The van der Waals surface area contributed by atoms with Gasteiger partial charge in [0.25, 0.3) is 0 Å². The lowest BCUT2D eigenvalue weighted by molar-refractivity contribution is -0.138. The van der Waals surface area contributed by atoms with Crippen LogP contribution in [0.3, 0.4) is 0 Å². The lowest BCUT2D eigenvalue weighted by Gasteiger charge is -2.35. The quantitative estimate of drug-likeness (QED) is 0.807. The van der Waals surface area contributed by atoms with Gasteiger partial charge in [0.15, 0.2) is 0 Å². The van der Waals surface area contributed by atoms with E-state index in [1.54, 1.807) is 0 Å². The molecule has 0 radical (unpaired) electrons. The number of amides is 1.